The second-order valence-electron chi connectivity index (χ2n) is 4.02. The first-order valence-electron chi connectivity index (χ1n) is 5.59. The lowest BCUT2D eigenvalue weighted by molar-refractivity contribution is -0.118. The fourth-order valence-electron chi connectivity index (χ4n) is 1.36. The summed E-state index contributed by atoms with van der Waals surface area (Å²) < 4.78 is 0. The highest BCUT2D eigenvalue weighted by Gasteiger charge is 2.28. The number of alkyl halides is 1. The molecular formula is C13H18ClNO. The van der Waals surface area contributed by atoms with Crippen LogP contribution in [0.5, 0.6) is 0 Å². The average molecular weight is 240 g/mol. The van der Waals surface area contributed by atoms with Crippen molar-refractivity contribution < 1.29 is 4.79 Å². The zero-order chi connectivity index (χ0) is 12.2. The Balaban J connectivity index is 2.85. The number of carbonyl (C=O) groups is 1. The van der Waals surface area contributed by atoms with Crippen molar-refractivity contribution in [1.82, 2.24) is 0 Å². The molecule has 0 heterocycles. The quantitative estimate of drug-likeness (QED) is 0.800. The van der Waals surface area contributed by atoms with Gasteiger partial charge in [-0.3, -0.25) is 4.79 Å². The summed E-state index contributed by atoms with van der Waals surface area (Å²) in [6.07, 6.45) is 1.50. The fourth-order valence-corrected chi connectivity index (χ4v) is 1.41. The predicted octanol–water partition coefficient (Wildman–Crippen LogP) is 3.60. The molecule has 0 radical (unpaired) electrons. The minimum absolute atomic E-state index is 0.141. The van der Waals surface area contributed by atoms with Gasteiger partial charge in [-0.15, -0.1) is 11.6 Å². The Kier molecular flexibility index (Phi) is 4.36. The third kappa shape index (κ3) is 2.99. The van der Waals surface area contributed by atoms with Crippen molar-refractivity contribution in [2.75, 3.05) is 5.32 Å². The number of para-hydroxylation sites is 1. The van der Waals surface area contributed by atoms with Gasteiger partial charge in [-0.25, -0.2) is 0 Å². The summed E-state index contributed by atoms with van der Waals surface area (Å²) in [6, 6.07) is 7.78. The molecule has 2 nitrogen and oxygen atoms in total. The third-order valence-electron chi connectivity index (χ3n) is 2.78. The lowest BCUT2D eigenvalue weighted by Crippen LogP contribution is -2.34. The van der Waals surface area contributed by atoms with Crippen LogP contribution >= 0.6 is 11.6 Å². The van der Waals surface area contributed by atoms with E-state index < -0.39 is 4.87 Å². The van der Waals surface area contributed by atoms with E-state index in [1.54, 1.807) is 6.92 Å². The van der Waals surface area contributed by atoms with Crippen LogP contribution in [0.2, 0.25) is 0 Å². The van der Waals surface area contributed by atoms with Gasteiger partial charge in [-0.05, 0) is 31.4 Å². The van der Waals surface area contributed by atoms with Gasteiger partial charge in [-0.2, -0.15) is 0 Å². The van der Waals surface area contributed by atoms with Gasteiger partial charge >= 0.3 is 0 Å². The second-order valence-corrected chi connectivity index (χ2v) is 4.85. The summed E-state index contributed by atoms with van der Waals surface area (Å²) in [4.78, 5) is 11.1. The maximum absolute atomic E-state index is 11.9. The molecule has 0 aromatic heterocycles. The number of hydrogen-bond acceptors (Lipinski definition) is 1. The van der Waals surface area contributed by atoms with Gasteiger partial charge in [0.1, 0.15) is 4.87 Å². The summed E-state index contributed by atoms with van der Waals surface area (Å²) in [5.41, 5.74) is 1.98. The number of benzene rings is 1. The molecule has 1 aromatic carbocycles. The Labute approximate surface area is 102 Å². The van der Waals surface area contributed by atoms with Gasteiger partial charge < -0.3 is 5.32 Å². The van der Waals surface area contributed by atoms with Crippen LogP contribution in [0.25, 0.3) is 0 Å². The van der Waals surface area contributed by atoms with Crippen LogP contribution in [0.1, 0.15) is 32.8 Å². The molecule has 1 atom stereocenters. The van der Waals surface area contributed by atoms with Crippen LogP contribution in [0.4, 0.5) is 5.69 Å². The Morgan fingerprint density at radius 1 is 1.38 bits per heavy atom. The highest BCUT2D eigenvalue weighted by Crippen LogP contribution is 2.23. The van der Waals surface area contributed by atoms with Crippen molar-refractivity contribution in [1.29, 1.82) is 0 Å². The topological polar surface area (TPSA) is 29.1 Å². The van der Waals surface area contributed by atoms with E-state index in [-0.39, 0.29) is 5.91 Å². The van der Waals surface area contributed by atoms with E-state index >= 15 is 0 Å². The SMILES string of the molecule is CCc1ccccc1NC(=O)C(C)(Cl)CC. The van der Waals surface area contributed by atoms with Gasteiger partial charge in [0, 0.05) is 5.69 Å². The first kappa shape index (κ1) is 13.0. The third-order valence-corrected chi connectivity index (χ3v) is 3.22. The van der Waals surface area contributed by atoms with Crippen LogP contribution in [0.15, 0.2) is 24.3 Å². The van der Waals surface area contributed by atoms with Crippen LogP contribution in [-0.2, 0) is 11.2 Å². The van der Waals surface area contributed by atoms with Crippen LogP contribution in [0, 0.1) is 0 Å². The molecule has 16 heavy (non-hydrogen) atoms. The molecule has 3 heteroatoms. The van der Waals surface area contributed by atoms with Gasteiger partial charge in [0.15, 0.2) is 0 Å². The van der Waals surface area contributed by atoms with Crippen molar-refractivity contribution in [3.05, 3.63) is 29.8 Å². The molecule has 0 bridgehead atoms. The lowest BCUT2D eigenvalue weighted by atomic mass is 10.1. The number of hydrogen-bond donors (Lipinski definition) is 1. The minimum Gasteiger partial charge on any atom is -0.324 e. The van der Waals surface area contributed by atoms with E-state index in [0.29, 0.717) is 6.42 Å². The molecular weight excluding hydrogens is 222 g/mol. The van der Waals surface area contributed by atoms with Gasteiger partial charge in [-0.1, -0.05) is 32.0 Å². The average Bonchev–Trinajstić information content (AvgIpc) is 2.29. The van der Waals surface area contributed by atoms with Crippen molar-refractivity contribution in [3.63, 3.8) is 0 Å². The van der Waals surface area contributed by atoms with Crippen LogP contribution in [-0.4, -0.2) is 10.8 Å². The molecule has 0 aliphatic heterocycles. The summed E-state index contributed by atoms with van der Waals surface area (Å²) in [6.45, 7) is 5.70. The molecule has 1 aromatic rings. The smallest absolute Gasteiger partial charge is 0.245 e. The highest BCUT2D eigenvalue weighted by molar-refractivity contribution is 6.36. The number of amides is 1. The number of aryl methyl sites for hydroxylation is 1. The lowest BCUT2D eigenvalue weighted by Gasteiger charge is -2.20. The number of halogens is 1. The first-order chi connectivity index (χ1) is 7.51. The molecule has 88 valence electrons. The zero-order valence-corrected chi connectivity index (χ0v) is 10.8. The maximum Gasteiger partial charge on any atom is 0.245 e. The molecule has 1 N–H and O–H groups in total. The molecule has 0 fully saturated rings. The normalized spacial score (nSPS) is 14.2. The van der Waals surface area contributed by atoms with Crippen molar-refractivity contribution in [2.24, 2.45) is 0 Å². The molecule has 0 saturated heterocycles. The van der Waals surface area contributed by atoms with E-state index in [1.165, 1.54) is 0 Å². The molecule has 0 spiro atoms. The van der Waals surface area contributed by atoms with Crippen molar-refractivity contribution in [3.8, 4) is 0 Å². The zero-order valence-electron chi connectivity index (χ0n) is 10.0. The Morgan fingerprint density at radius 2 is 2.00 bits per heavy atom. The predicted molar refractivity (Wildman–Crippen MR) is 69.0 cm³/mol. The summed E-state index contributed by atoms with van der Waals surface area (Å²) in [5.74, 6) is -0.141. The van der Waals surface area contributed by atoms with Crippen LogP contribution in [0.3, 0.4) is 0 Å². The monoisotopic (exact) mass is 239 g/mol. The molecule has 0 aliphatic carbocycles. The Bertz CT molecular complexity index is 374. The van der Waals surface area contributed by atoms with Gasteiger partial charge in [0.05, 0.1) is 0 Å². The summed E-state index contributed by atoms with van der Waals surface area (Å²) >= 11 is 6.10. The van der Waals surface area contributed by atoms with Crippen molar-refractivity contribution >= 4 is 23.2 Å². The second kappa shape index (κ2) is 5.35. The molecule has 1 unspecified atom stereocenters. The van der Waals surface area contributed by atoms with Gasteiger partial charge in [0.25, 0.3) is 0 Å². The molecule has 1 rings (SSSR count). The molecule has 0 saturated carbocycles. The Hall–Kier alpha value is -1.02. The fraction of sp³-hybridized carbons (Fsp3) is 0.462. The maximum atomic E-state index is 11.9. The van der Waals surface area contributed by atoms with Gasteiger partial charge in [0.2, 0.25) is 5.91 Å². The number of rotatable bonds is 4. The first-order valence-corrected chi connectivity index (χ1v) is 5.97. The van der Waals surface area contributed by atoms with E-state index in [1.807, 2.05) is 31.2 Å². The minimum atomic E-state index is -0.832. The van der Waals surface area contributed by atoms with E-state index in [0.717, 1.165) is 17.7 Å². The number of nitrogens with one attached hydrogen (secondary N) is 1. The standard InChI is InChI=1S/C13H18ClNO/c1-4-10-8-6-7-9-11(10)15-12(16)13(3,14)5-2/h6-9H,4-5H2,1-3H3,(H,15,16). The summed E-state index contributed by atoms with van der Waals surface area (Å²) in [7, 11) is 0. The molecule has 0 aliphatic rings. The highest BCUT2D eigenvalue weighted by atomic mass is 35.5. The van der Waals surface area contributed by atoms with Crippen molar-refractivity contribution in [2.45, 2.75) is 38.5 Å². The van der Waals surface area contributed by atoms with E-state index in [4.69, 9.17) is 11.6 Å². The molecule has 1 amide bonds. The number of carbonyl (C=O) groups excluding carboxylic acids is 1. The van der Waals surface area contributed by atoms with E-state index in [9.17, 15) is 4.79 Å². The number of anilines is 1. The van der Waals surface area contributed by atoms with E-state index in [2.05, 4.69) is 12.2 Å². The van der Waals surface area contributed by atoms with Crippen LogP contribution < -0.4 is 5.32 Å². The largest absolute Gasteiger partial charge is 0.324 e. The summed E-state index contributed by atoms with van der Waals surface area (Å²) in [5, 5.41) is 2.88. The Morgan fingerprint density at radius 3 is 2.56 bits per heavy atom.